The van der Waals surface area contributed by atoms with E-state index in [0.717, 1.165) is 56.6 Å². The summed E-state index contributed by atoms with van der Waals surface area (Å²) in [5.74, 6) is 0.953. The molecule has 0 unspecified atom stereocenters. The molecule has 0 aliphatic carbocycles. The molecule has 7 heteroatoms. The van der Waals surface area contributed by atoms with Crippen LogP contribution in [0.25, 0.3) is 0 Å². The number of aromatic nitrogens is 1. The summed E-state index contributed by atoms with van der Waals surface area (Å²) in [6, 6.07) is 18.1. The third-order valence-electron chi connectivity index (χ3n) is 7.85. The van der Waals surface area contributed by atoms with E-state index in [1.54, 1.807) is 12.1 Å². The Kier molecular flexibility index (Phi) is 8.67. The number of ketones is 1. The van der Waals surface area contributed by atoms with Crippen molar-refractivity contribution in [2.75, 3.05) is 26.2 Å². The second-order valence-electron chi connectivity index (χ2n) is 10.8. The fourth-order valence-corrected chi connectivity index (χ4v) is 5.42. The van der Waals surface area contributed by atoms with Crippen LogP contribution in [0.1, 0.15) is 64.1 Å². The van der Waals surface area contributed by atoms with Crippen LogP contribution in [-0.2, 0) is 6.54 Å². The van der Waals surface area contributed by atoms with Crippen LogP contribution < -0.4 is 4.74 Å². The minimum Gasteiger partial charge on any atom is -0.490 e. The number of piperidine rings is 2. The van der Waals surface area contributed by atoms with E-state index in [-0.39, 0.29) is 23.6 Å². The maximum atomic E-state index is 13.1. The number of carbonyl (C=O) groups excluding carboxylic acids is 2. The molecule has 0 atom stereocenters. The van der Waals surface area contributed by atoms with Gasteiger partial charge in [-0.15, -0.1) is 0 Å². The first-order chi connectivity index (χ1) is 18.9. The number of rotatable bonds is 8. The molecular formula is C32H36FN3O3. The predicted octanol–water partition coefficient (Wildman–Crippen LogP) is 5.70. The first kappa shape index (κ1) is 27.0. The number of amides is 1. The number of ether oxygens (including phenoxy) is 1. The number of pyridine rings is 1. The van der Waals surface area contributed by atoms with Gasteiger partial charge in [0, 0.05) is 45.1 Å². The number of hydrogen-bond donors (Lipinski definition) is 0. The molecule has 0 saturated carbocycles. The first-order valence-corrected chi connectivity index (χ1v) is 13.9. The molecule has 1 amide bonds. The summed E-state index contributed by atoms with van der Waals surface area (Å²) in [6.45, 7) is 5.96. The third kappa shape index (κ3) is 7.30. The summed E-state index contributed by atoms with van der Waals surface area (Å²) >= 11 is 0. The smallest absolute Gasteiger partial charge is 0.255 e. The lowest BCUT2D eigenvalue weighted by molar-refractivity contribution is 0.0594. The van der Waals surface area contributed by atoms with E-state index in [9.17, 15) is 14.0 Å². The van der Waals surface area contributed by atoms with Crippen molar-refractivity contribution < 1.29 is 18.7 Å². The van der Waals surface area contributed by atoms with Crippen molar-refractivity contribution in [3.05, 3.63) is 95.1 Å². The summed E-state index contributed by atoms with van der Waals surface area (Å²) in [4.78, 5) is 34.4. The monoisotopic (exact) mass is 529 g/mol. The number of likely N-dealkylation sites (tertiary alicyclic amines) is 2. The Morgan fingerprint density at radius 2 is 1.59 bits per heavy atom. The van der Waals surface area contributed by atoms with Crippen LogP contribution in [0.4, 0.5) is 4.39 Å². The van der Waals surface area contributed by atoms with Crippen LogP contribution in [0.5, 0.6) is 5.75 Å². The maximum Gasteiger partial charge on any atom is 0.255 e. The van der Waals surface area contributed by atoms with Crippen LogP contribution in [0.15, 0.2) is 66.9 Å². The van der Waals surface area contributed by atoms with Gasteiger partial charge in [-0.25, -0.2) is 4.39 Å². The highest BCUT2D eigenvalue weighted by atomic mass is 19.1. The molecule has 3 heterocycles. The number of Topliss-reactive ketones (excluding diaryl/α,β-unsaturated/α-hetero) is 1. The van der Waals surface area contributed by atoms with Crippen molar-refractivity contribution in [1.82, 2.24) is 14.8 Å². The van der Waals surface area contributed by atoms with E-state index in [1.807, 2.05) is 41.3 Å². The van der Waals surface area contributed by atoms with Crippen molar-refractivity contribution in [2.45, 2.75) is 51.7 Å². The Bertz CT molecular complexity index is 1250. The quantitative estimate of drug-likeness (QED) is 0.351. The van der Waals surface area contributed by atoms with Crippen molar-refractivity contribution in [3.8, 4) is 5.75 Å². The normalized spacial score (nSPS) is 17.2. The molecule has 0 N–H and O–H groups in total. The molecule has 3 aromatic rings. The molecule has 6 nitrogen and oxygen atoms in total. The molecule has 2 saturated heterocycles. The van der Waals surface area contributed by atoms with Gasteiger partial charge < -0.3 is 9.64 Å². The summed E-state index contributed by atoms with van der Waals surface area (Å²) in [7, 11) is 0. The Morgan fingerprint density at radius 1 is 0.897 bits per heavy atom. The number of nitrogens with zero attached hydrogens (tertiary/aromatic N) is 3. The summed E-state index contributed by atoms with van der Waals surface area (Å²) in [6.07, 6.45) is 5.58. The van der Waals surface area contributed by atoms with Gasteiger partial charge in [0.15, 0.2) is 5.78 Å². The molecule has 5 rings (SSSR count). The van der Waals surface area contributed by atoms with Crippen molar-refractivity contribution >= 4 is 11.7 Å². The molecule has 2 aliphatic heterocycles. The van der Waals surface area contributed by atoms with Gasteiger partial charge in [-0.3, -0.25) is 19.5 Å². The first-order valence-electron chi connectivity index (χ1n) is 13.9. The molecule has 0 bridgehead atoms. The van der Waals surface area contributed by atoms with E-state index in [4.69, 9.17) is 4.74 Å². The van der Waals surface area contributed by atoms with Gasteiger partial charge in [0.1, 0.15) is 23.4 Å². The van der Waals surface area contributed by atoms with Gasteiger partial charge >= 0.3 is 0 Å². The fraction of sp³-hybridized carbons (Fsp3) is 0.406. The SMILES string of the molecule is Cc1ccc(OC2CCN(C(=O)c3ccc(C(=O)CC4CCN(Cc5ccc(F)cc5)CC4)nc3)CC2)cc1. The Morgan fingerprint density at radius 3 is 2.23 bits per heavy atom. The lowest BCUT2D eigenvalue weighted by Gasteiger charge is -2.32. The zero-order chi connectivity index (χ0) is 27.2. The molecular weight excluding hydrogens is 493 g/mol. The summed E-state index contributed by atoms with van der Waals surface area (Å²) in [5.41, 5.74) is 3.23. The lowest BCUT2D eigenvalue weighted by atomic mass is 9.90. The summed E-state index contributed by atoms with van der Waals surface area (Å²) in [5, 5.41) is 0. The van der Waals surface area contributed by atoms with Crippen LogP contribution in [-0.4, -0.2) is 58.8 Å². The minimum absolute atomic E-state index is 0.0278. The topological polar surface area (TPSA) is 62.7 Å². The summed E-state index contributed by atoms with van der Waals surface area (Å²) < 4.78 is 19.2. The molecule has 2 fully saturated rings. The molecule has 2 aromatic carbocycles. The van der Waals surface area contributed by atoms with E-state index in [2.05, 4.69) is 16.8 Å². The second-order valence-corrected chi connectivity index (χ2v) is 10.8. The Balaban J connectivity index is 1.05. The minimum atomic E-state index is -0.216. The van der Waals surface area contributed by atoms with Gasteiger partial charge in [-0.2, -0.15) is 0 Å². The van der Waals surface area contributed by atoms with Crippen LogP contribution in [0, 0.1) is 18.7 Å². The number of aryl methyl sites for hydroxylation is 1. The van der Waals surface area contributed by atoms with Gasteiger partial charge in [0.25, 0.3) is 5.91 Å². The van der Waals surface area contributed by atoms with Gasteiger partial charge in [-0.05, 0) is 80.7 Å². The largest absolute Gasteiger partial charge is 0.490 e. The van der Waals surface area contributed by atoms with E-state index in [1.165, 1.54) is 23.9 Å². The highest BCUT2D eigenvalue weighted by Gasteiger charge is 2.26. The number of halogens is 1. The van der Waals surface area contributed by atoms with Crippen molar-refractivity contribution in [1.29, 1.82) is 0 Å². The highest BCUT2D eigenvalue weighted by molar-refractivity contribution is 5.97. The van der Waals surface area contributed by atoms with Gasteiger partial charge in [0.05, 0.1) is 5.56 Å². The Labute approximate surface area is 229 Å². The number of hydrogen-bond acceptors (Lipinski definition) is 5. The average Bonchev–Trinajstić information content (AvgIpc) is 2.96. The number of benzene rings is 2. The van der Waals surface area contributed by atoms with Crippen molar-refractivity contribution in [3.63, 3.8) is 0 Å². The van der Waals surface area contributed by atoms with E-state index >= 15 is 0 Å². The molecule has 0 spiro atoms. The molecule has 204 valence electrons. The second kappa shape index (κ2) is 12.5. The highest BCUT2D eigenvalue weighted by Crippen LogP contribution is 2.24. The zero-order valence-corrected chi connectivity index (χ0v) is 22.5. The molecule has 39 heavy (non-hydrogen) atoms. The Hall–Kier alpha value is -3.58. The molecule has 2 aliphatic rings. The standard InChI is InChI=1S/C32H36FN3O3/c1-23-2-9-28(10-3-23)39-29-14-18-36(19-15-29)32(38)26-6-11-30(34-21-26)31(37)20-24-12-16-35(17-13-24)22-25-4-7-27(33)8-5-25/h2-11,21,24,29H,12-20,22H2,1H3. The predicted molar refractivity (Wildman–Crippen MR) is 148 cm³/mol. The zero-order valence-electron chi connectivity index (χ0n) is 22.5. The van der Waals surface area contributed by atoms with E-state index in [0.29, 0.717) is 36.7 Å². The van der Waals surface area contributed by atoms with Gasteiger partial charge in [0.2, 0.25) is 0 Å². The van der Waals surface area contributed by atoms with Gasteiger partial charge in [-0.1, -0.05) is 29.8 Å². The van der Waals surface area contributed by atoms with Crippen LogP contribution >= 0.6 is 0 Å². The van der Waals surface area contributed by atoms with Crippen LogP contribution in [0.3, 0.4) is 0 Å². The third-order valence-corrected chi connectivity index (χ3v) is 7.85. The van der Waals surface area contributed by atoms with Crippen LogP contribution in [0.2, 0.25) is 0 Å². The maximum absolute atomic E-state index is 13.1. The number of carbonyl (C=O) groups is 2. The molecule has 1 aromatic heterocycles. The van der Waals surface area contributed by atoms with E-state index < -0.39 is 0 Å². The molecule has 0 radical (unpaired) electrons. The van der Waals surface area contributed by atoms with Crippen molar-refractivity contribution in [2.24, 2.45) is 5.92 Å². The average molecular weight is 530 g/mol. The fourth-order valence-electron chi connectivity index (χ4n) is 5.42. The lowest BCUT2D eigenvalue weighted by Crippen LogP contribution is -2.41.